The Bertz CT molecular complexity index is 475. The molecule has 0 radical (unpaired) electrons. The summed E-state index contributed by atoms with van der Waals surface area (Å²) in [6.07, 6.45) is 7.61. The second kappa shape index (κ2) is 10.1. The number of hydrogen-bond donors (Lipinski definition) is 2. The van der Waals surface area contributed by atoms with Crippen molar-refractivity contribution in [2.75, 3.05) is 47.5 Å². The van der Waals surface area contributed by atoms with Gasteiger partial charge in [0.25, 0.3) is 0 Å². The van der Waals surface area contributed by atoms with Gasteiger partial charge in [-0.05, 0) is 26.2 Å². The van der Waals surface area contributed by atoms with Gasteiger partial charge in [-0.15, -0.1) is 0 Å². The fourth-order valence-corrected chi connectivity index (χ4v) is 4.14. The molecule has 2 atom stereocenters. The average Bonchev–Trinajstić information content (AvgIpc) is 2.65. The van der Waals surface area contributed by atoms with Crippen LogP contribution in [0.15, 0.2) is 4.99 Å². The molecule has 2 unspecified atom stereocenters. The van der Waals surface area contributed by atoms with E-state index in [1.807, 2.05) is 0 Å². The minimum Gasteiger partial charge on any atom is -0.383 e. The first kappa shape index (κ1) is 21.0. The van der Waals surface area contributed by atoms with Gasteiger partial charge in [0.15, 0.2) is 5.96 Å². The minimum atomic E-state index is -0.00831. The first-order valence-corrected chi connectivity index (χ1v) is 9.89. The van der Waals surface area contributed by atoms with Crippen LogP contribution in [0.1, 0.15) is 45.4 Å². The van der Waals surface area contributed by atoms with Crippen LogP contribution in [0.3, 0.4) is 0 Å². The van der Waals surface area contributed by atoms with Gasteiger partial charge in [-0.1, -0.05) is 19.3 Å². The molecule has 0 saturated heterocycles. The number of rotatable bonds is 8. The van der Waals surface area contributed by atoms with Crippen molar-refractivity contribution in [2.24, 2.45) is 10.4 Å². The predicted molar refractivity (Wildman–Crippen MR) is 103 cm³/mol. The highest BCUT2D eigenvalue weighted by atomic mass is 16.5. The Hall–Kier alpha value is -1.34. The highest BCUT2D eigenvalue weighted by molar-refractivity contribution is 5.85. The van der Waals surface area contributed by atoms with E-state index in [0.29, 0.717) is 31.3 Å². The van der Waals surface area contributed by atoms with Gasteiger partial charge in [-0.3, -0.25) is 4.79 Å². The molecule has 0 heterocycles. The van der Waals surface area contributed by atoms with E-state index in [1.165, 1.54) is 32.1 Å². The highest BCUT2D eigenvalue weighted by Crippen LogP contribution is 2.53. The smallest absolute Gasteiger partial charge is 0.243 e. The Morgan fingerprint density at radius 2 is 2.00 bits per heavy atom. The lowest BCUT2D eigenvalue weighted by Gasteiger charge is -2.58. The zero-order valence-corrected chi connectivity index (χ0v) is 16.8. The van der Waals surface area contributed by atoms with E-state index in [1.54, 1.807) is 26.1 Å². The lowest BCUT2D eigenvalue weighted by Crippen LogP contribution is -2.66. The summed E-state index contributed by atoms with van der Waals surface area (Å²) in [6, 6.07) is 0.350. The van der Waals surface area contributed by atoms with Crippen molar-refractivity contribution >= 4 is 11.9 Å². The highest BCUT2D eigenvalue weighted by Gasteiger charge is 2.55. The van der Waals surface area contributed by atoms with Crippen LogP contribution in [0.5, 0.6) is 0 Å². The van der Waals surface area contributed by atoms with Gasteiger partial charge in [0, 0.05) is 45.8 Å². The van der Waals surface area contributed by atoms with E-state index in [0.717, 1.165) is 13.0 Å². The zero-order valence-electron chi connectivity index (χ0n) is 16.8. The second-order valence-corrected chi connectivity index (χ2v) is 7.54. The molecule has 0 aromatic rings. The SMILES string of the molecule is CCOC1CC(NC(=NCC(=O)N(C)C)NCCOC)C12CCCCC2. The summed E-state index contributed by atoms with van der Waals surface area (Å²) in [5.41, 5.74) is 0.212. The van der Waals surface area contributed by atoms with Crippen LogP contribution >= 0.6 is 0 Å². The van der Waals surface area contributed by atoms with Crippen LogP contribution in [0.2, 0.25) is 0 Å². The number of nitrogens with zero attached hydrogens (tertiary/aromatic N) is 2. The Balaban J connectivity index is 2.03. The molecule has 0 bridgehead atoms. The van der Waals surface area contributed by atoms with Crippen LogP contribution in [0.4, 0.5) is 0 Å². The van der Waals surface area contributed by atoms with Crippen molar-refractivity contribution in [3.8, 4) is 0 Å². The number of hydrogen-bond acceptors (Lipinski definition) is 4. The molecule has 0 aromatic heterocycles. The van der Waals surface area contributed by atoms with Crippen molar-refractivity contribution in [2.45, 2.75) is 57.6 Å². The molecule has 2 saturated carbocycles. The van der Waals surface area contributed by atoms with Crippen molar-refractivity contribution in [3.05, 3.63) is 0 Å². The second-order valence-electron chi connectivity index (χ2n) is 7.54. The molecule has 2 fully saturated rings. The molecule has 1 amide bonds. The Morgan fingerprint density at radius 1 is 1.27 bits per heavy atom. The molecule has 2 aliphatic carbocycles. The molecule has 0 aromatic carbocycles. The average molecular weight is 369 g/mol. The molecule has 2 N–H and O–H groups in total. The maximum Gasteiger partial charge on any atom is 0.243 e. The molecule has 7 heteroatoms. The summed E-state index contributed by atoms with van der Waals surface area (Å²) in [7, 11) is 5.18. The Labute approximate surface area is 157 Å². The Kier molecular flexibility index (Phi) is 8.15. The maximum absolute atomic E-state index is 11.9. The summed E-state index contributed by atoms with van der Waals surface area (Å²) in [4.78, 5) is 18.0. The number of carbonyl (C=O) groups excluding carboxylic acids is 1. The standard InChI is InChI=1S/C19H36N4O3/c1-5-26-16-13-15(19(16)9-7-6-8-10-19)22-18(20-11-12-25-4)21-14-17(24)23(2)3/h15-16H,5-14H2,1-4H3,(H2,20,21,22). The van der Waals surface area contributed by atoms with Gasteiger partial charge < -0.3 is 25.0 Å². The van der Waals surface area contributed by atoms with Gasteiger partial charge in [0.2, 0.25) is 5.91 Å². The number of methoxy groups -OCH3 is 1. The molecule has 0 aliphatic heterocycles. The molecular formula is C19H36N4O3. The van der Waals surface area contributed by atoms with Crippen LogP contribution in [0, 0.1) is 5.41 Å². The third-order valence-corrected chi connectivity index (χ3v) is 5.72. The van der Waals surface area contributed by atoms with Gasteiger partial charge in [0.05, 0.1) is 12.7 Å². The summed E-state index contributed by atoms with van der Waals surface area (Å²) in [5.74, 6) is 0.688. The normalized spacial score (nSPS) is 24.8. The van der Waals surface area contributed by atoms with Gasteiger partial charge >= 0.3 is 0 Å². The van der Waals surface area contributed by atoms with Crippen molar-refractivity contribution in [1.29, 1.82) is 0 Å². The summed E-state index contributed by atoms with van der Waals surface area (Å²) in [6.45, 7) is 4.24. The molecule has 1 spiro atoms. The summed E-state index contributed by atoms with van der Waals surface area (Å²) in [5, 5.41) is 6.87. The molecular weight excluding hydrogens is 332 g/mol. The molecule has 2 rings (SSSR count). The predicted octanol–water partition coefficient (Wildman–Crippen LogP) is 1.38. The Morgan fingerprint density at radius 3 is 2.62 bits per heavy atom. The number of guanidine groups is 1. The van der Waals surface area contributed by atoms with Crippen molar-refractivity contribution < 1.29 is 14.3 Å². The first-order chi connectivity index (χ1) is 12.5. The zero-order chi connectivity index (χ0) is 19.0. The monoisotopic (exact) mass is 368 g/mol. The van der Waals surface area contributed by atoms with Crippen LogP contribution < -0.4 is 10.6 Å². The third kappa shape index (κ3) is 5.10. The van der Waals surface area contributed by atoms with Gasteiger partial charge in [0.1, 0.15) is 6.54 Å². The fourth-order valence-electron chi connectivity index (χ4n) is 4.14. The quantitative estimate of drug-likeness (QED) is 0.385. The summed E-state index contributed by atoms with van der Waals surface area (Å²) < 4.78 is 11.1. The molecule has 26 heavy (non-hydrogen) atoms. The number of aliphatic imine (C=N–C) groups is 1. The molecule has 150 valence electrons. The molecule has 2 aliphatic rings. The fraction of sp³-hybridized carbons (Fsp3) is 0.895. The van der Waals surface area contributed by atoms with E-state index >= 15 is 0 Å². The van der Waals surface area contributed by atoms with Gasteiger partial charge in [-0.25, -0.2) is 4.99 Å². The minimum absolute atomic E-state index is 0.00831. The number of amides is 1. The van der Waals surface area contributed by atoms with E-state index in [4.69, 9.17) is 9.47 Å². The van der Waals surface area contributed by atoms with Crippen molar-refractivity contribution in [3.63, 3.8) is 0 Å². The maximum atomic E-state index is 11.9. The van der Waals surface area contributed by atoms with Crippen molar-refractivity contribution in [1.82, 2.24) is 15.5 Å². The molecule has 7 nitrogen and oxygen atoms in total. The topological polar surface area (TPSA) is 75.2 Å². The number of carbonyl (C=O) groups is 1. The van der Waals surface area contributed by atoms with Crippen LogP contribution in [-0.2, 0) is 14.3 Å². The largest absolute Gasteiger partial charge is 0.383 e. The van der Waals surface area contributed by atoms with Gasteiger partial charge in [-0.2, -0.15) is 0 Å². The van der Waals surface area contributed by atoms with E-state index < -0.39 is 0 Å². The van der Waals surface area contributed by atoms with E-state index in [9.17, 15) is 4.79 Å². The third-order valence-electron chi connectivity index (χ3n) is 5.72. The van der Waals surface area contributed by atoms with Crippen LogP contribution in [0.25, 0.3) is 0 Å². The number of nitrogens with one attached hydrogen (secondary N) is 2. The lowest BCUT2D eigenvalue weighted by molar-refractivity contribution is -0.145. The number of likely N-dealkylation sites (N-methyl/N-ethyl adjacent to an activating group) is 1. The summed E-state index contributed by atoms with van der Waals surface area (Å²) >= 11 is 0. The van der Waals surface area contributed by atoms with Crippen LogP contribution in [-0.4, -0.2) is 76.4 Å². The lowest BCUT2D eigenvalue weighted by atomic mass is 9.55. The van der Waals surface area contributed by atoms with E-state index in [2.05, 4.69) is 22.5 Å². The number of ether oxygens (including phenoxy) is 2. The van der Waals surface area contributed by atoms with E-state index in [-0.39, 0.29) is 17.9 Å². The first-order valence-electron chi connectivity index (χ1n) is 9.89.